The average Bonchev–Trinajstić information content (AvgIpc) is 3.45. The molecule has 0 N–H and O–H groups in total. The van der Waals surface area contributed by atoms with Gasteiger partial charge in [-0.05, 0) is 43.9 Å². The summed E-state index contributed by atoms with van der Waals surface area (Å²) in [5.41, 5.74) is 2.88. The normalized spacial score (nSPS) is 13.6. The highest BCUT2D eigenvalue weighted by molar-refractivity contribution is 6.30. The molecule has 1 aliphatic carbocycles. The van der Waals surface area contributed by atoms with Crippen LogP contribution in [0.3, 0.4) is 0 Å². The third-order valence-electron chi connectivity index (χ3n) is 4.97. The maximum atomic E-state index is 12.9. The highest BCUT2D eigenvalue weighted by Crippen LogP contribution is 2.36. The molecule has 0 aliphatic heterocycles. The number of nitrogens with zero attached hydrogens (tertiary/aromatic N) is 3. The van der Waals surface area contributed by atoms with E-state index in [1.807, 2.05) is 37.3 Å². The molecule has 3 aromatic rings. The van der Waals surface area contributed by atoms with Gasteiger partial charge in [-0.25, -0.2) is 9.48 Å². The Kier molecular flexibility index (Phi) is 5.18. The van der Waals surface area contributed by atoms with Crippen LogP contribution in [0.5, 0.6) is 0 Å². The first-order chi connectivity index (χ1) is 13.5. The predicted octanol–water partition coefficient (Wildman–Crippen LogP) is 4.21. The number of carbonyl (C=O) groups excluding carboxylic acids is 1. The van der Waals surface area contributed by atoms with Gasteiger partial charge in [-0.3, -0.25) is 9.36 Å². The molecule has 0 radical (unpaired) electrons. The second-order valence-corrected chi connectivity index (χ2v) is 7.84. The maximum absolute atomic E-state index is 12.9. The summed E-state index contributed by atoms with van der Waals surface area (Å²) in [5.74, 6) is 0.586. The second-order valence-electron chi connectivity index (χ2n) is 7.40. The van der Waals surface area contributed by atoms with Crippen LogP contribution in [-0.4, -0.2) is 20.1 Å². The first-order valence-electron chi connectivity index (χ1n) is 9.54. The summed E-state index contributed by atoms with van der Waals surface area (Å²) >= 11 is 6.11. The van der Waals surface area contributed by atoms with E-state index in [1.54, 1.807) is 16.7 Å². The zero-order chi connectivity index (χ0) is 19.7. The SMILES string of the molecule is Cc1cccc(CCC(=O)Cn2nc(-c3cccc(Cl)c3)n(C3CC3)c2=O)c1. The van der Waals surface area contributed by atoms with E-state index >= 15 is 0 Å². The van der Waals surface area contributed by atoms with Gasteiger partial charge in [-0.2, -0.15) is 0 Å². The monoisotopic (exact) mass is 395 g/mol. The highest BCUT2D eigenvalue weighted by Gasteiger charge is 2.30. The number of Topliss-reactive ketones (excluding diaryl/α,β-unsaturated/α-hetero) is 1. The standard InChI is InChI=1S/C22H22ClN3O2/c1-15-4-2-5-16(12-15)8-11-20(27)14-25-22(28)26(19-9-10-19)21(24-25)17-6-3-7-18(23)13-17/h2-7,12-13,19H,8-11,14H2,1H3. The molecule has 0 bridgehead atoms. The van der Waals surface area contributed by atoms with Crippen molar-refractivity contribution in [1.29, 1.82) is 0 Å². The minimum absolute atomic E-state index is 0.00157. The summed E-state index contributed by atoms with van der Waals surface area (Å²) in [6, 6.07) is 15.6. The van der Waals surface area contributed by atoms with Gasteiger partial charge >= 0.3 is 5.69 Å². The Morgan fingerprint density at radius 3 is 2.68 bits per heavy atom. The van der Waals surface area contributed by atoms with Crippen molar-refractivity contribution in [3.63, 3.8) is 0 Å². The van der Waals surface area contributed by atoms with Crippen LogP contribution >= 0.6 is 11.6 Å². The topological polar surface area (TPSA) is 56.9 Å². The Balaban J connectivity index is 1.54. The van der Waals surface area contributed by atoms with Gasteiger partial charge < -0.3 is 0 Å². The summed E-state index contributed by atoms with van der Waals surface area (Å²) in [7, 11) is 0. The van der Waals surface area contributed by atoms with Crippen molar-refractivity contribution in [2.75, 3.05) is 0 Å². The minimum atomic E-state index is -0.221. The summed E-state index contributed by atoms with van der Waals surface area (Å²) in [6.45, 7) is 2.03. The number of rotatable bonds is 7. The van der Waals surface area contributed by atoms with E-state index in [1.165, 1.54) is 10.2 Å². The first-order valence-corrected chi connectivity index (χ1v) is 9.91. The fourth-order valence-electron chi connectivity index (χ4n) is 3.41. The number of hydrogen-bond acceptors (Lipinski definition) is 3. The third kappa shape index (κ3) is 4.09. The van der Waals surface area contributed by atoms with E-state index in [0.717, 1.165) is 24.0 Å². The van der Waals surface area contributed by atoms with Crippen molar-refractivity contribution >= 4 is 17.4 Å². The van der Waals surface area contributed by atoms with Crippen LogP contribution in [-0.2, 0) is 17.8 Å². The quantitative estimate of drug-likeness (QED) is 0.602. The molecule has 2 aromatic carbocycles. The van der Waals surface area contributed by atoms with Crippen molar-refractivity contribution in [2.24, 2.45) is 0 Å². The number of aryl methyl sites for hydroxylation is 2. The van der Waals surface area contributed by atoms with Gasteiger partial charge in [0.2, 0.25) is 0 Å². The van der Waals surface area contributed by atoms with Gasteiger partial charge in [0.25, 0.3) is 0 Å². The smallest absolute Gasteiger partial charge is 0.298 e. The van der Waals surface area contributed by atoms with E-state index in [2.05, 4.69) is 11.2 Å². The predicted molar refractivity (Wildman–Crippen MR) is 110 cm³/mol. The van der Waals surface area contributed by atoms with E-state index in [0.29, 0.717) is 23.7 Å². The summed E-state index contributed by atoms with van der Waals surface area (Å²) in [4.78, 5) is 25.4. The molecule has 4 rings (SSSR count). The molecule has 0 spiro atoms. The molecule has 1 aromatic heterocycles. The van der Waals surface area contributed by atoms with Gasteiger partial charge in [-0.15, -0.1) is 5.10 Å². The Morgan fingerprint density at radius 1 is 1.18 bits per heavy atom. The zero-order valence-electron chi connectivity index (χ0n) is 15.8. The summed E-state index contributed by atoms with van der Waals surface area (Å²) in [5, 5.41) is 5.07. The highest BCUT2D eigenvalue weighted by atomic mass is 35.5. The number of halogens is 1. The van der Waals surface area contributed by atoms with Crippen LogP contribution in [0.1, 0.15) is 36.4 Å². The van der Waals surface area contributed by atoms with Crippen LogP contribution in [0, 0.1) is 6.92 Å². The van der Waals surface area contributed by atoms with Gasteiger partial charge in [0.05, 0.1) is 0 Å². The molecule has 0 unspecified atom stereocenters. The van der Waals surface area contributed by atoms with Crippen LogP contribution < -0.4 is 5.69 Å². The van der Waals surface area contributed by atoms with Crippen molar-refractivity contribution in [1.82, 2.24) is 14.3 Å². The Bertz CT molecular complexity index is 1080. The Morgan fingerprint density at radius 2 is 1.96 bits per heavy atom. The molecule has 144 valence electrons. The lowest BCUT2D eigenvalue weighted by molar-refractivity contribution is -0.119. The molecular weight excluding hydrogens is 374 g/mol. The lowest BCUT2D eigenvalue weighted by Gasteiger charge is -2.03. The molecule has 1 fully saturated rings. The van der Waals surface area contributed by atoms with Crippen molar-refractivity contribution in [3.05, 3.63) is 75.2 Å². The molecule has 0 amide bonds. The van der Waals surface area contributed by atoms with E-state index in [9.17, 15) is 9.59 Å². The summed E-state index contributed by atoms with van der Waals surface area (Å²) < 4.78 is 3.01. The van der Waals surface area contributed by atoms with Gasteiger partial charge in [-0.1, -0.05) is 53.6 Å². The van der Waals surface area contributed by atoms with Crippen LogP contribution in [0.25, 0.3) is 11.4 Å². The molecule has 1 heterocycles. The molecule has 1 aliphatic rings. The first kappa shape index (κ1) is 18.7. The number of carbonyl (C=O) groups is 1. The van der Waals surface area contributed by atoms with Crippen molar-refractivity contribution in [3.8, 4) is 11.4 Å². The third-order valence-corrected chi connectivity index (χ3v) is 5.20. The van der Waals surface area contributed by atoms with Gasteiger partial charge in [0.1, 0.15) is 6.54 Å². The lowest BCUT2D eigenvalue weighted by atomic mass is 10.1. The molecule has 5 nitrogen and oxygen atoms in total. The number of benzene rings is 2. The maximum Gasteiger partial charge on any atom is 0.346 e. The van der Waals surface area contributed by atoms with E-state index < -0.39 is 0 Å². The fourth-order valence-corrected chi connectivity index (χ4v) is 3.60. The summed E-state index contributed by atoms with van der Waals surface area (Å²) in [6.07, 6.45) is 2.97. The molecule has 0 saturated heterocycles. The average molecular weight is 396 g/mol. The van der Waals surface area contributed by atoms with Gasteiger partial charge in [0.15, 0.2) is 11.6 Å². The molecular formula is C22H22ClN3O2. The molecule has 1 saturated carbocycles. The van der Waals surface area contributed by atoms with E-state index in [-0.39, 0.29) is 24.1 Å². The Hall–Kier alpha value is -2.66. The zero-order valence-corrected chi connectivity index (χ0v) is 16.5. The number of aromatic nitrogens is 3. The van der Waals surface area contributed by atoms with Crippen LogP contribution in [0.2, 0.25) is 5.02 Å². The lowest BCUT2D eigenvalue weighted by Crippen LogP contribution is -2.27. The van der Waals surface area contributed by atoms with Crippen LogP contribution in [0.15, 0.2) is 53.3 Å². The minimum Gasteiger partial charge on any atom is -0.298 e. The van der Waals surface area contributed by atoms with E-state index in [4.69, 9.17) is 11.6 Å². The van der Waals surface area contributed by atoms with Crippen molar-refractivity contribution in [2.45, 2.75) is 45.2 Å². The van der Waals surface area contributed by atoms with Gasteiger partial charge in [0, 0.05) is 23.0 Å². The van der Waals surface area contributed by atoms with Crippen molar-refractivity contribution < 1.29 is 4.79 Å². The Labute approximate surface area is 168 Å². The molecule has 6 heteroatoms. The number of ketones is 1. The van der Waals surface area contributed by atoms with Crippen LogP contribution in [0.4, 0.5) is 0 Å². The molecule has 0 atom stereocenters. The number of hydrogen-bond donors (Lipinski definition) is 0. The second kappa shape index (κ2) is 7.76. The fraction of sp³-hybridized carbons (Fsp3) is 0.318. The molecule has 28 heavy (non-hydrogen) atoms. The largest absolute Gasteiger partial charge is 0.346 e.